The first-order chi connectivity index (χ1) is 8.54. The smallest absolute Gasteiger partial charge is 0.407 e. The highest BCUT2D eigenvalue weighted by atomic mass is 35.5. The van der Waals surface area contributed by atoms with E-state index in [1.807, 2.05) is 0 Å². The van der Waals surface area contributed by atoms with Crippen molar-refractivity contribution < 1.29 is 19.6 Å². The molecule has 7 nitrogen and oxygen atoms in total. The Morgan fingerprint density at radius 2 is 2.28 bits per heavy atom. The summed E-state index contributed by atoms with van der Waals surface area (Å²) >= 11 is 5.32. The highest BCUT2D eigenvalue weighted by Crippen LogP contribution is 2.23. The molecule has 0 saturated heterocycles. The van der Waals surface area contributed by atoms with Gasteiger partial charge in [-0.15, -0.1) is 11.6 Å². The second kappa shape index (κ2) is 6.65. The average molecular weight is 275 g/mol. The third-order valence-corrected chi connectivity index (χ3v) is 2.15. The van der Waals surface area contributed by atoms with Crippen LogP contribution in [0, 0.1) is 10.1 Å². The number of nitro benzene ring substituents is 1. The number of nitrogens with one attached hydrogen (secondary N) is 1. The molecule has 2 N–H and O–H groups in total. The number of benzene rings is 1. The molecule has 0 aliphatic rings. The lowest BCUT2D eigenvalue weighted by Gasteiger charge is -2.06. The lowest BCUT2D eigenvalue weighted by atomic mass is 10.1. The fourth-order valence-electron chi connectivity index (χ4n) is 1.22. The van der Waals surface area contributed by atoms with Crippen molar-refractivity contribution in [3.63, 3.8) is 0 Å². The standard InChI is InChI=1S/C10H11ClN2O5/c11-3-4-18-10(15)12-6-7-1-2-8(14)5-9(7)13(16)17/h1-2,5,14H,3-4,6H2,(H,12,15). The number of aromatic hydroxyl groups is 1. The number of nitro groups is 1. The topological polar surface area (TPSA) is 102 Å². The normalized spacial score (nSPS) is 9.83. The Morgan fingerprint density at radius 1 is 1.56 bits per heavy atom. The molecule has 0 bridgehead atoms. The molecule has 0 aliphatic carbocycles. The number of carbonyl (C=O) groups excluding carboxylic acids is 1. The van der Waals surface area contributed by atoms with Gasteiger partial charge in [0.25, 0.3) is 5.69 Å². The van der Waals surface area contributed by atoms with Crippen molar-refractivity contribution in [1.29, 1.82) is 0 Å². The van der Waals surface area contributed by atoms with Crippen molar-refractivity contribution in [3.8, 4) is 5.75 Å². The van der Waals surface area contributed by atoms with Gasteiger partial charge < -0.3 is 15.2 Å². The summed E-state index contributed by atoms with van der Waals surface area (Å²) in [7, 11) is 0. The van der Waals surface area contributed by atoms with Crippen LogP contribution in [0.1, 0.15) is 5.56 Å². The molecule has 1 aromatic carbocycles. The van der Waals surface area contributed by atoms with E-state index in [0.29, 0.717) is 0 Å². The summed E-state index contributed by atoms with van der Waals surface area (Å²) < 4.78 is 4.64. The first-order valence-corrected chi connectivity index (χ1v) is 5.51. The molecule has 0 unspecified atom stereocenters. The Kier molecular flexibility index (Phi) is 5.19. The molecule has 0 fully saturated rings. The molecule has 0 heterocycles. The summed E-state index contributed by atoms with van der Waals surface area (Å²) in [5, 5.41) is 22.2. The molecule has 1 rings (SSSR count). The number of hydrogen-bond acceptors (Lipinski definition) is 5. The highest BCUT2D eigenvalue weighted by Gasteiger charge is 2.15. The first-order valence-electron chi connectivity index (χ1n) is 4.97. The fourth-order valence-corrected chi connectivity index (χ4v) is 1.30. The van der Waals surface area contributed by atoms with Crippen LogP contribution >= 0.6 is 11.6 Å². The minimum Gasteiger partial charge on any atom is -0.508 e. The molecule has 8 heteroatoms. The Bertz CT molecular complexity index is 452. The van der Waals surface area contributed by atoms with Crippen LogP contribution < -0.4 is 5.32 Å². The molecule has 98 valence electrons. The van der Waals surface area contributed by atoms with Crippen LogP contribution in [0.2, 0.25) is 0 Å². The van der Waals surface area contributed by atoms with Gasteiger partial charge in [-0.3, -0.25) is 10.1 Å². The van der Waals surface area contributed by atoms with E-state index in [4.69, 9.17) is 16.7 Å². The number of hydrogen-bond donors (Lipinski definition) is 2. The van der Waals surface area contributed by atoms with E-state index >= 15 is 0 Å². The number of ether oxygens (including phenoxy) is 1. The number of carbonyl (C=O) groups is 1. The van der Waals surface area contributed by atoms with Crippen LogP contribution in [0.15, 0.2) is 18.2 Å². The monoisotopic (exact) mass is 274 g/mol. The van der Waals surface area contributed by atoms with Crippen molar-refractivity contribution >= 4 is 23.4 Å². The van der Waals surface area contributed by atoms with E-state index in [2.05, 4.69) is 10.1 Å². The van der Waals surface area contributed by atoms with Crippen LogP contribution in [0.4, 0.5) is 10.5 Å². The van der Waals surface area contributed by atoms with E-state index in [0.717, 1.165) is 6.07 Å². The van der Waals surface area contributed by atoms with Gasteiger partial charge in [0.05, 0.1) is 23.4 Å². The number of nitrogens with zero attached hydrogens (tertiary/aromatic N) is 1. The molecule has 1 amide bonds. The Labute approximate surface area is 107 Å². The van der Waals surface area contributed by atoms with Crippen molar-refractivity contribution in [1.82, 2.24) is 5.32 Å². The summed E-state index contributed by atoms with van der Waals surface area (Å²) in [6, 6.07) is 3.67. The Balaban J connectivity index is 2.67. The Morgan fingerprint density at radius 3 is 2.89 bits per heavy atom. The number of halogens is 1. The van der Waals surface area contributed by atoms with Crippen LogP contribution in [0.5, 0.6) is 5.75 Å². The number of phenols is 1. The minimum absolute atomic E-state index is 0.0606. The molecule has 0 aromatic heterocycles. The number of phenolic OH excluding ortho intramolecular Hbond substituents is 1. The summed E-state index contributed by atoms with van der Waals surface area (Å²) in [4.78, 5) is 21.2. The second-order valence-corrected chi connectivity index (χ2v) is 3.63. The van der Waals surface area contributed by atoms with Crippen LogP contribution in [0.3, 0.4) is 0 Å². The van der Waals surface area contributed by atoms with Gasteiger partial charge in [-0.25, -0.2) is 4.79 Å². The van der Waals surface area contributed by atoms with E-state index < -0.39 is 11.0 Å². The van der Waals surface area contributed by atoms with Crippen molar-refractivity contribution in [2.75, 3.05) is 12.5 Å². The van der Waals surface area contributed by atoms with Crippen LogP contribution in [-0.4, -0.2) is 28.6 Å². The van der Waals surface area contributed by atoms with E-state index in [-0.39, 0.29) is 36.0 Å². The lowest BCUT2D eigenvalue weighted by molar-refractivity contribution is -0.385. The fraction of sp³-hybridized carbons (Fsp3) is 0.300. The quantitative estimate of drug-likeness (QED) is 0.484. The predicted octanol–water partition coefficient (Wildman–Crippen LogP) is 1.77. The van der Waals surface area contributed by atoms with E-state index in [9.17, 15) is 14.9 Å². The number of rotatable bonds is 5. The highest BCUT2D eigenvalue weighted by molar-refractivity contribution is 6.18. The molecule has 0 saturated carbocycles. The average Bonchev–Trinajstić information content (AvgIpc) is 2.34. The van der Waals surface area contributed by atoms with Gasteiger partial charge in [0, 0.05) is 5.56 Å². The van der Waals surface area contributed by atoms with E-state index in [1.54, 1.807) is 0 Å². The molecular formula is C10H11ClN2O5. The minimum atomic E-state index is -0.710. The summed E-state index contributed by atoms with van der Waals surface area (Å²) in [5.74, 6) is -0.0394. The lowest BCUT2D eigenvalue weighted by Crippen LogP contribution is -2.24. The molecule has 0 spiro atoms. The van der Waals surface area contributed by atoms with Gasteiger partial charge in [-0.05, 0) is 12.1 Å². The number of alkyl carbamates (subject to hydrolysis) is 1. The first kappa shape index (κ1) is 14.0. The maximum absolute atomic E-state index is 11.1. The van der Waals surface area contributed by atoms with Gasteiger partial charge in [0.15, 0.2) is 0 Å². The maximum atomic E-state index is 11.1. The van der Waals surface area contributed by atoms with Crippen molar-refractivity contribution in [2.45, 2.75) is 6.54 Å². The molecule has 0 radical (unpaired) electrons. The van der Waals surface area contributed by atoms with Gasteiger partial charge in [-0.1, -0.05) is 0 Å². The molecule has 1 aromatic rings. The second-order valence-electron chi connectivity index (χ2n) is 3.25. The zero-order valence-corrected chi connectivity index (χ0v) is 10.0. The molecular weight excluding hydrogens is 264 g/mol. The largest absolute Gasteiger partial charge is 0.508 e. The Hall–Kier alpha value is -2.02. The van der Waals surface area contributed by atoms with E-state index in [1.165, 1.54) is 12.1 Å². The summed E-state index contributed by atoms with van der Waals surface area (Å²) in [6.45, 7) is -0.0111. The van der Waals surface area contributed by atoms with Gasteiger partial charge in [0.1, 0.15) is 12.4 Å². The van der Waals surface area contributed by atoms with Crippen LogP contribution in [0.25, 0.3) is 0 Å². The van der Waals surface area contributed by atoms with Gasteiger partial charge in [-0.2, -0.15) is 0 Å². The SMILES string of the molecule is O=C(NCc1ccc(O)cc1[N+](=O)[O-])OCCCl. The molecule has 0 aliphatic heterocycles. The number of amides is 1. The third kappa shape index (κ3) is 4.10. The molecule has 18 heavy (non-hydrogen) atoms. The predicted molar refractivity (Wildman–Crippen MR) is 63.7 cm³/mol. The van der Waals surface area contributed by atoms with Gasteiger partial charge >= 0.3 is 6.09 Å². The number of alkyl halides is 1. The van der Waals surface area contributed by atoms with Gasteiger partial charge in [0.2, 0.25) is 0 Å². The van der Waals surface area contributed by atoms with Crippen molar-refractivity contribution in [2.24, 2.45) is 0 Å². The third-order valence-electron chi connectivity index (χ3n) is 2.00. The summed E-state index contributed by atoms with van der Waals surface area (Å²) in [5.41, 5.74) is -0.00623. The van der Waals surface area contributed by atoms with Crippen molar-refractivity contribution in [3.05, 3.63) is 33.9 Å². The van der Waals surface area contributed by atoms with Crippen LogP contribution in [-0.2, 0) is 11.3 Å². The zero-order chi connectivity index (χ0) is 13.5. The summed E-state index contributed by atoms with van der Waals surface area (Å²) in [6.07, 6.45) is -0.710. The molecule has 0 atom stereocenters. The zero-order valence-electron chi connectivity index (χ0n) is 9.26. The maximum Gasteiger partial charge on any atom is 0.407 e.